The number of carbonyl (C=O) groups excluding carboxylic acids is 1. The van der Waals surface area contributed by atoms with E-state index in [-0.39, 0.29) is 18.2 Å². The van der Waals surface area contributed by atoms with Crippen LogP contribution in [0, 0.1) is 11.8 Å². The number of amides is 1. The molecule has 1 fully saturated rings. The molecule has 0 saturated heterocycles. The molecule has 2 atom stereocenters. The molecule has 6 nitrogen and oxygen atoms in total. The van der Waals surface area contributed by atoms with Crippen LogP contribution in [0.1, 0.15) is 12.8 Å². The molecule has 1 amide bonds. The van der Waals surface area contributed by atoms with E-state index < -0.39 is 27.6 Å². The highest BCUT2D eigenvalue weighted by molar-refractivity contribution is 7.90. The van der Waals surface area contributed by atoms with E-state index in [0.29, 0.717) is 12.8 Å². The molecule has 0 heterocycles. The number of nitrogens with one attached hydrogen (secondary N) is 1. The van der Waals surface area contributed by atoms with Crippen LogP contribution in [0.5, 0.6) is 0 Å². The quantitative estimate of drug-likeness (QED) is 0.604. The van der Waals surface area contributed by atoms with Gasteiger partial charge in [-0.25, -0.2) is 8.42 Å². The van der Waals surface area contributed by atoms with Crippen LogP contribution < -0.4 is 5.32 Å². The Balaban J connectivity index is 2.16. The smallest absolute Gasteiger partial charge is 0.307 e. The Kier molecular flexibility index (Phi) is 3.90. The van der Waals surface area contributed by atoms with Crippen molar-refractivity contribution in [3.05, 3.63) is 0 Å². The lowest BCUT2D eigenvalue weighted by atomic mass is 10.3. The molecule has 7 heteroatoms. The Morgan fingerprint density at radius 2 is 2.00 bits per heavy atom. The first-order valence-corrected chi connectivity index (χ1v) is 7.05. The average Bonchev–Trinajstić information content (AvgIpc) is 2.89. The summed E-state index contributed by atoms with van der Waals surface area (Å²) in [5, 5.41) is 11.1. The standard InChI is InChI=1S/C9H15NO5S/c1-16(14,15)4-2-3-10-8(11)6-5-7(6)9(12)13/h6-7H,2-5H2,1H3,(H,10,11)(H,12,13). The van der Waals surface area contributed by atoms with Gasteiger partial charge in [-0.05, 0) is 12.8 Å². The summed E-state index contributed by atoms with van der Waals surface area (Å²) in [5.74, 6) is -2.21. The second kappa shape index (κ2) is 4.82. The maximum absolute atomic E-state index is 11.3. The van der Waals surface area contributed by atoms with Crippen LogP contribution in [-0.4, -0.2) is 44.0 Å². The number of hydrogen-bond acceptors (Lipinski definition) is 4. The molecule has 0 aromatic rings. The number of sulfone groups is 1. The van der Waals surface area contributed by atoms with Gasteiger partial charge in [0.2, 0.25) is 5.91 Å². The minimum atomic E-state index is -3.00. The summed E-state index contributed by atoms with van der Waals surface area (Å²) < 4.78 is 21.5. The van der Waals surface area contributed by atoms with E-state index in [4.69, 9.17) is 5.11 Å². The second-order valence-electron chi connectivity index (χ2n) is 4.06. The molecule has 0 aromatic heterocycles. The van der Waals surface area contributed by atoms with Gasteiger partial charge in [-0.15, -0.1) is 0 Å². The molecule has 0 spiro atoms. The molecule has 0 aromatic carbocycles. The highest BCUT2D eigenvalue weighted by Gasteiger charge is 2.48. The minimum Gasteiger partial charge on any atom is -0.481 e. The number of rotatable bonds is 6. The van der Waals surface area contributed by atoms with Crippen molar-refractivity contribution in [2.45, 2.75) is 12.8 Å². The molecule has 2 unspecified atom stereocenters. The Labute approximate surface area is 93.9 Å². The predicted octanol–water partition coefficient (Wildman–Crippen LogP) is -0.742. The van der Waals surface area contributed by atoms with Gasteiger partial charge < -0.3 is 10.4 Å². The summed E-state index contributed by atoms with van der Waals surface area (Å²) in [4.78, 5) is 21.8. The Morgan fingerprint density at radius 1 is 1.38 bits per heavy atom. The lowest BCUT2D eigenvalue weighted by Gasteiger charge is -2.03. The largest absolute Gasteiger partial charge is 0.481 e. The number of aliphatic carboxylic acids is 1. The average molecular weight is 249 g/mol. The lowest BCUT2D eigenvalue weighted by molar-refractivity contribution is -0.140. The van der Waals surface area contributed by atoms with Crippen LogP contribution in [0.25, 0.3) is 0 Å². The summed E-state index contributed by atoms with van der Waals surface area (Å²) in [7, 11) is -3.00. The molecule has 0 aliphatic heterocycles. The van der Waals surface area contributed by atoms with E-state index in [0.717, 1.165) is 6.26 Å². The molecule has 0 radical (unpaired) electrons. The van der Waals surface area contributed by atoms with Gasteiger partial charge in [0.15, 0.2) is 0 Å². The number of carboxylic acids is 1. The fourth-order valence-electron chi connectivity index (χ4n) is 1.43. The zero-order valence-corrected chi connectivity index (χ0v) is 9.79. The van der Waals surface area contributed by atoms with Crippen molar-refractivity contribution >= 4 is 21.7 Å². The normalized spacial score (nSPS) is 23.8. The fourth-order valence-corrected chi connectivity index (χ4v) is 2.10. The second-order valence-corrected chi connectivity index (χ2v) is 6.32. The van der Waals surface area contributed by atoms with Crippen molar-refractivity contribution < 1.29 is 23.1 Å². The minimum absolute atomic E-state index is 0.0281. The summed E-state index contributed by atoms with van der Waals surface area (Å²) in [5.41, 5.74) is 0. The zero-order chi connectivity index (χ0) is 12.3. The van der Waals surface area contributed by atoms with Gasteiger partial charge in [-0.2, -0.15) is 0 Å². The van der Waals surface area contributed by atoms with Crippen molar-refractivity contribution in [3.63, 3.8) is 0 Å². The maximum Gasteiger partial charge on any atom is 0.307 e. The predicted molar refractivity (Wildman–Crippen MR) is 56.6 cm³/mol. The SMILES string of the molecule is CS(=O)(=O)CCCNC(=O)C1CC1C(=O)O. The van der Waals surface area contributed by atoms with Gasteiger partial charge in [0.1, 0.15) is 9.84 Å². The fraction of sp³-hybridized carbons (Fsp3) is 0.778. The first-order valence-electron chi connectivity index (χ1n) is 4.99. The highest BCUT2D eigenvalue weighted by atomic mass is 32.2. The molecular formula is C9H15NO5S. The van der Waals surface area contributed by atoms with E-state index in [1.54, 1.807) is 0 Å². The summed E-state index contributed by atoms with van der Waals surface area (Å²) >= 11 is 0. The third kappa shape index (κ3) is 4.18. The summed E-state index contributed by atoms with van der Waals surface area (Å²) in [6.45, 7) is 0.273. The van der Waals surface area contributed by atoms with Crippen LogP contribution in [-0.2, 0) is 19.4 Å². The van der Waals surface area contributed by atoms with E-state index in [9.17, 15) is 18.0 Å². The number of carbonyl (C=O) groups is 2. The lowest BCUT2D eigenvalue weighted by Crippen LogP contribution is -2.28. The molecule has 92 valence electrons. The van der Waals surface area contributed by atoms with Crippen LogP contribution in [0.15, 0.2) is 0 Å². The maximum atomic E-state index is 11.3. The van der Waals surface area contributed by atoms with Gasteiger partial charge in [0.05, 0.1) is 17.6 Å². The van der Waals surface area contributed by atoms with Crippen molar-refractivity contribution in [2.75, 3.05) is 18.6 Å². The highest BCUT2D eigenvalue weighted by Crippen LogP contribution is 2.38. The first kappa shape index (κ1) is 13.0. The monoisotopic (exact) mass is 249 g/mol. The summed E-state index contributed by atoms with van der Waals surface area (Å²) in [6, 6.07) is 0. The van der Waals surface area contributed by atoms with Crippen molar-refractivity contribution in [2.24, 2.45) is 11.8 Å². The topological polar surface area (TPSA) is 101 Å². The van der Waals surface area contributed by atoms with Crippen LogP contribution in [0.4, 0.5) is 0 Å². The molecule has 1 aliphatic rings. The van der Waals surface area contributed by atoms with Crippen LogP contribution in [0.2, 0.25) is 0 Å². The van der Waals surface area contributed by atoms with E-state index >= 15 is 0 Å². The van der Waals surface area contributed by atoms with Crippen LogP contribution in [0.3, 0.4) is 0 Å². The van der Waals surface area contributed by atoms with E-state index in [1.165, 1.54) is 0 Å². The van der Waals surface area contributed by atoms with Gasteiger partial charge >= 0.3 is 5.97 Å². The van der Waals surface area contributed by atoms with Gasteiger partial charge in [-0.1, -0.05) is 0 Å². The van der Waals surface area contributed by atoms with Gasteiger partial charge in [0, 0.05) is 12.8 Å². The molecule has 2 N–H and O–H groups in total. The van der Waals surface area contributed by atoms with Gasteiger partial charge in [0.25, 0.3) is 0 Å². The Bertz CT molecular complexity index is 389. The molecular weight excluding hydrogens is 234 g/mol. The van der Waals surface area contributed by atoms with E-state index in [1.807, 2.05) is 0 Å². The molecule has 1 rings (SSSR count). The van der Waals surface area contributed by atoms with Crippen molar-refractivity contribution in [3.8, 4) is 0 Å². The number of hydrogen-bond donors (Lipinski definition) is 2. The summed E-state index contributed by atoms with van der Waals surface area (Å²) in [6.07, 6.45) is 1.87. The molecule has 1 saturated carbocycles. The Hall–Kier alpha value is -1.11. The van der Waals surface area contributed by atoms with Crippen molar-refractivity contribution in [1.82, 2.24) is 5.32 Å². The third-order valence-electron chi connectivity index (χ3n) is 2.44. The molecule has 1 aliphatic carbocycles. The van der Waals surface area contributed by atoms with Gasteiger partial charge in [-0.3, -0.25) is 9.59 Å². The Morgan fingerprint density at radius 3 is 2.44 bits per heavy atom. The van der Waals surface area contributed by atoms with Crippen molar-refractivity contribution in [1.29, 1.82) is 0 Å². The third-order valence-corrected chi connectivity index (χ3v) is 3.47. The van der Waals surface area contributed by atoms with E-state index in [2.05, 4.69) is 5.32 Å². The van der Waals surface area contributed by atoms with Crippen LogP contribution >= 0.6 is 0 Å². The molecule has 16 heavy (non-hydrogen) atoms. The zero-order valence-electron chi connectivity index (χ0n) is 8.97. The first-order chi connectivity index (χ1) is 7.31. The number of carboxylic acid groups (broad SMARTS) is 1. The molecule has 0 bridgehead atoms.